The van der Waals surface area contributed by atoms with E-state index in [-0.39, 0.29) is 0 Å². The number of hydrogen-bond acceptors (Lipinski definition) is 5. The lowest BCUT2D eigenvalue weighted by molar-refractivity contribution is 1.11. The SMILES string of the molecule is CCNc1nc(Nc2ccc(CC)cc2)c2ccsc2n1. The number of aromatic nitrogens is 2. The lowest BCUT2D eigenvalue weighted by atomic mass is 10.1. The van der Waals surface area contributed by atoms with Gasteiger partial charge in [-0.05, 0) is 42.5 Å². The van der Waals surface area contributed by atoms with Crippen LogP contribution in [0.2, 0.25) is 0 Å². The van der Waals surface area contributed by atoms with Crippen molar-refractivity contribution >= 4 is 39.0 Å². The van der Waals surface area contributed by atoms with Gasteiger partial charge in [0.25, 0.3) is 0 Å². The molecule has 0 atom stereocenters. The van der Waals surface area contributed by atoms with Gasteiger partial charge in [-0.1, -0.05) is 19.1 Å². The van der Waals surface area contributed by atoms with Gasteiger partial charge in [0.15, 0.2) is 0 Å². The van der Waals surface area contributed by atoms with Crippen molar-refractivity contribution in [2.24, 2.45) is 0 Å². The molecule has 0 aliphatic carbocycles. The van der Waals surface area contributed by atoms with E-state index in [9.17, 15) is 0 Å². The molecule has 0 aliphatic rings. The van der Waals surface area contributed by atoms with E-state index in [0.717, 1.165) is 34.7 Å². The Morgan fingerprint density at radius 1 is 1.05 bits per heavy atom. The summed E-state index contributed by atoms with van der Waals surface area (Å²) < 4.78 is 0. The van der Waals surface area contributed by atoms with E-state index in [4.69, 9.17) is 0 Å². The standard InChI is InChI=1S/C16H18N4S/c1-3-11-5-7-12(8-6-11)18-14-13-9-10-21-15(13)20-16(19-14)17-4-2/h5-10H,3-4H2,1-2H3,(H2,17,18,19,20). The number of hydrogen-bond donors (Lipinski definition) is 2. The third-order valence-corrected chi connectivity index (χ3v) is 4.09. The van der Waals surface area contributed by atoms with E-state index in [1.807, 2.05) is 12.3 Å². The summed E-state index contributed by atoms with van der Waals surface area (Å²) in [6.45, 7) is 5.00. The van der Waals surface area contributed by atoms with Crippen LogP contribution in [-0.2, 0) is 6.42 Å². The van der Waals surface area contributed by atoms with Crippen LogP contribution < -0.4 is 10.6 Å². The van der Waals surface area contributed by atoms with E-state index in [1.165, 1.54) is 5.56 Å². The zero-order valence-electron chi connectivity index (χ0n) is 12.2. The zero-order valence-corrected chi connectivity index (χ0v) is 13.0. The second kappa shape index (κ2) is 6.10. The van der Waals surface area contributed by atoms with Crippen molar-refractivity contribution in [1.82, 2.24) is 9.97 Å². The minimum absolute atomic E-state index is 0.667. The molecule has 2 aromatic heterocycles. The van der Waals surface area contributed by atoms with Crippen molar-refractivity contribution in [2.45, 2.75) is 20.3 Å². The highest BCUT2D eigenvalue weighted by Gasteiger charge is 2.08. The number of nitrogens with one attached hydrogen (secondary N) is 2. The average Bonchev–Trinajstić information content (AvgIpc) is 2.97. The Balaban J connectivity index is 1.95. The summed E-state index contributed by atoms with van der Waals surface area (Å²) in [7, 11) is 0. The number of anilines is 3. The maximum absolute atomic E-state index is 4.57. The van der Waals surface area contributed by atoms with Gasteiger partial charge in [0.1, 0.15) is 10.6 Å². The molecule has 0 fully saturated rings. The first-order valence-electron chi connectivity index (χ1n) is 7.15. The Bertz CT molecular complexity index is 734. The topological polar surface area (TPSA) is 49.8 Å². The van der Waals surface area contributed by atoms with Gasteiger partial charge in [-0.15, -0.1) is 11.3 Å². The first kappa shape index (κ1) is 13.8. The first-order chi connectivity index (χ1) is 10.3. The minimum atomic E-state index is 0.667. The fourth-order valence-electron chi connectivity index (χ4n) is 2.15. The lowest BCUT2D eigenvalue weighted by Gasteiger charge is -2.09. The van der Waals surface area contributed by atoms with Gasteiger partial charge in [0.05, 0.1) is 5.39 Å². The molecule has 0 bridgehead atoms. The summed E-state index contributed by atoms with van der Waals surface area (Å²) in [6.07, 6.45) is 1.05. The highest BCUT2D eigenvalue weighted by Crippen LogP contribution is 2.28. The van der Waals surface area contributed by atoms with Gasteiger partial charge in [-0.3, -0.25) is 0 Å². The van der Waals surface area contributed by atoms with Crippen molar-refractivity contribution in [3.05, 3.63) is 41.3 Å². The van der Waals surface area contributed by atoms with Crippen LogP contribution >= 0.6 is 11.3 Å². The molecule has 0 amide bonds. The first-order valence-corrected chi connectivity index (χ1v) is 8.03. The Morgan fingerprint density at radius 2 is 1.86 bits per heavy atom. The molecule has 0 unspecified atom stereocenters. The molecule has 3 rings (SSSR count). The second-order valence-electron chi connectivity index (χ2n) is 4.74. The van der Waals surface area contributed by atoms with E-state index in [1.54, 1.807) is 11.3 Å². The predicted octanol–water partition coefficient (Wildman–Crippen LogP) is 4.43. The van der Waals surface area contributed by atoms with Crippen LogP contribution in [0.4, 0.5) is 17.5 Å². The quantitative estimate of drug-likeness (QED) is 0.731. The molecule has 0 saturated heterocycles. The molecule has 21 heavy (non-hydrogen) atoms. The predicted molar refractivity (Wildman–Crippen MR) is 90.7 cm³/mol. The molecular formula is C16H18N4S. The fourth-order valence-corrected chi connectivity index (χ4v) is 2.91. The van der Waals surface area contributed by atoms with Gasteiger partial charge < -0.3 is 10.6 Å². The lowest BCUT2D eigenvalue weighted by Crippen LogP contribution is -2.04. The summed E-state index contributed by atoms with van der Waals surface area (Å²) in [4.78, 5) is 10.1. The molecule has 0 radical (unpaired) electrons. The molecule has 2 heterocycles. The van der Waals surface area contributed by atoms with Crippen LogP contribution in [0.3, 0.4) is 0 Å². The van der Waals surface area contributed by atoms with Crippen molar-refractivity contribution in [2.75, 3.05) is 17.2 Å². The average molecular weight is 298 g/mol. The maximum atomic E-state index is 4.57. The minimum Gasteiger partial charge on any atom is -0.354 e. The van der Waals surface area contributed by atoms with Gasteiger partial charge >= 0.3 is 0 Å². The number of aryl methyl sites for hydroxylation is 1. The largest absolute Gasteiger partial charge is 0.354 e. The van der Waals surface area contributed by atoms with E-state index >= 15 is 0 Å². The molecule has 1 aromatic carbocycles. The molecule has 0 saturated carbocycles. The fraction of sp³-hybridized carbons (Fsp3) is 0.250. The summed E-state index contributed by atoms with van der Waals surface area (Å²) in [5.41, 5.74) is 2.37. The molecule has 0 spiro atoms. The molecule has 108 valence electrons. The van der Waals surface area contributed by atoms with E-state index in [2.05, 4.69) is 57.9 Å². The smallest absolute Gasteiger partial charge is 0.226 e. The van der Waals surface area contributed by atoms with Crippen LogP contribution in [0, 0.1) is 0 Å². The van der Waals surface area contributed by atoms with Crippen molar-refractivity contribution in [3.63, 3.8) is 0 Å². The van der Waals surface area contributed by atoms with Crippen molar-refractivity contribution < 1.29 is 0 Å². The van der Waals surface area contributed by atoms with Crippen molar-refractivity contribution in [3.8, 4) is 0 Å². The van der Waals surface area contributed by atoms with Gasteiger partial charge in [-0.25, -0.2) is 4.98 Å². The number of fused-ring (bicyclic) bond motifs is 1. The van der Waals surface area contributed by atoms with Gasteiger partial charge in [-0.2, -0.15) is 4.98 Å². The molecule has 3 aromatic rings. The highest BCUT2D eigenvalue weighted by atomic mass is 32.1. The summed E-state index contributed by atoms with van der Waals surface area (Å²) in [5.74, 6) is 1.52. The van der Waals surface area contributed by atoms with E-state index in [0.29, 0.717) is 5.95 Å². The molecule has 2 N–H and O–H groups in total. The molecular weight excluding hydrogens is 280 g/mol. The maximum Gasteiger partial charge on any atom is 0.226 e. The van der Waals surface area contributed by atoms with E-state index < -0.39 is 0 Å². The molecule has 0 aliphatic heterocycles. The number of thiophene rings is 1. The van der Waals surface area contributed by atoms with Crippen molar-refractivity contribution in [1.29, 1.82) is 0 Å². The van der Waals surface area contributed by atoms with Crippen LogP contribution in [-0.4, -0.2) is 16.5 Å². The summed E-state index contributed by atoms with van der Waals surface area (Å²) >= 11 is 1.63. The third kappa shape index (κ3) is 2.97. The summed E-state index contributed by atoms with van der Waals surface area (Å²) in [5, 5.41) is 9.68. The number of benzene rings is 1. The van der Waals surface area contributed by atoms with Gasteiger partial charge in [0, 0.05) is 12.2 Å². The number of nitrogens with zero attached hydrogens (tertiary/aromatic N) is 2. The van der Waals surface area contributed by atoms with Crippen LogP contribution in [0.1, 0.15) is 19.4 Å². The zero-order chi connectivity index (χ0) is 14.7. The Labute approximate surface area is 128 Å². The van der Waals surface area contributed by atoms with Gasteiger partial charge in [0.2, 0.25) is 5.95 Å². The van der Waals surface area contributed by atoms with Crippen LogP contribution in [0.5, 0.6) is 0 Å². The third-order valence-electron chi connectivity index (χ3n) is 3.28. The Kier molecular flexibility index (Phi) is 4.01. The number of rotatable bonds is 5. The monoisotopic (exact) mass is 298 g/mol. The Morgan fingerprint density at radius 3 is 2.57 bits per heavy atom. The molecule has 4 nitrogen and oxygen atoms in total. The summed E-state index contributed by atoms with van der Waals surface area (Å²) in [6, 6.07) is 10.5. The van der Waals surface area contributed by atoms with Crippen LogP contribution in [0.15, 0.2) is 35.7 Å². The normalized spacial score (nSPS) is 10.8. The van der Waals surface area contributed by atoms with Crippen LogP contribution in [0.25, 0.3) is 10.2 Å². The Hall–Kier alpha value is -2.14. The molecule has 5 heteroatoms. The second-order valence-corrected chi connectivity index (χ2v) is 5.64. The highest BCUT2D eigenvalue weighted by molar-refractivity contribution is 7.16.